The molecule has 0 atom stereocenters. The standard InChI is InChI=1S/C22H28N4O4/c1-29-19-13-17(14-20(30-2)18(19)15-23)5-6-21(27)26-11-9-24(10-12-26)16-22(28)25-7-3-4-8-25/h5-6,13-14H,3-4,7-12,16H2,1-2H3/b6-5+. The van der Waals surface area contributed by atoms with Crippen molar-refractivity contribution in [2.45, 2.75) is 12.8 Å². The molecule has 2 aliphatic heterocycles. The number of carbonyl (C=O) groups excluding carboxylic acids is 2. The third kappa shape index (κ3) is 5.10. The summed E-state index contributed by atoms with van der Waals surface area (Å²) in [6, 6.07) is 5.47. The lowest BCUT2D eigenvalue weighted by Crippen LogP contribution is -2.51. The number of carbonyl (C=O) groups is 2. The van der Waals surface area contributed by atoms with Crippen LogP contribution in [-0.2, 0) is 9.59 Å². The lowest BCUT2D eigenvalue weighted by molar-refractivity contribution is -0.132. The fourth-order valence-corrected chi connectivity index (χ4v) is 3.80. The first-order chi connectivity index (χ1) is 14.5. The number of nitrogens with zero attached hydrogens (tertiary/aromatic N) is 4. The van der Waals surface area contributed by atoms with E-state index in [1.807, 2.05) is 4.90 Å². The minimum atomic E-state index is -0.0807. The second kappa shape index (κ2) is 10.1. The van der Waals surface area contributed by atoms with Crippen LogP contribution in [-0.4, -0.2) is 86.5 Å². The van der Waals surface area contributed by atoms with Crippen molar-refractivity contribution >= 4 is 17.9 Å². The van der Waals surface area contributed by atoms with Gasteiger partial charge in [-0.1, -0.05) is 0 Å². The van der Waals surface area contributed by atoms with Gasteiger partial charge in [0.15, 0.2) is 0 Å². The number of methoxy groups -OCH3 is 2. The first-order valence-electron chi connectivity index (χ1n) is 10.2. The summed E-state index contributed by atoms with van der Waals surface area (Å²) in [5, 5.41) is 9.26. The second-order valence-corrected chi connectivity index (χ2v) is 7.43. The van der Waals surface area contributed by atoms with Crippen LogP contribution in [0.1, 0.15) is 24.0 Å². The molecule has 2 amide bonds. The lowest BCUT2D eigenvalue weighted by atomic mass is 10.1. The molecule has 0 N–H and O–H groups in total. The van der Waals surface area contributed by atoms with E-state index in [2.05, 4.69) is 11.0 Å². The van der Waals surface area contributed by atoms with Crippen LogP contribution in [0, 0.1) is 11.3 Å². The molecule has 0 saturated carbocycles. The zero-order valence-corrected chi connectivity index (χ0v) is 17.6. The number of hydrogen-bond donors (Lipinski definition) is 0. The molecule has 1 aromatic carbocycles. The summed E-state index contributed by atoms with van der Waals surface area (Å²) in [7, 11) is 2.98. The second-order valence-electron chi connectivity index (χ2n) is 7.43. The Morgan fingerprint density at radius 2 is 1.60 bits per heavy atom. The lowest BCUT2D eigenvalue weighted by Gasteiger charge is -2.34. The largest absolute Gasteiger partial charge is 0.495 e. The average molecular weight is 412 g/mol. The molecule has 8 nitrogen and oxygen atoms in total. The summed E-state index contributed by atoms with van der Waals surface area (Å²) in [6.45, 7) is 4.74. The predicted octanol–water partition coefficient (Wildman–Crippen LogP) is 1.36. The molecule has 2 fully saturated rings. The van der Waals surface area contributed by atoms with E-state index in [1.165, 1.54) is 20.3 Å². The molecule has 1 aromatic rings. The third-order valence-electron chi connectivity index (χ3n) is 5.56. The summed E-state index contributed by atoms with van der Waals surface area (Å²) in [5.41, 5.74) is 1.04. The van der Waals surface area contributed by atoms with E-state index < -0.39 is 0 Å². The maximum absolute atomic E-state index is 12.6. The van der Waals surface area contributed by atoms with E-state index in [-0.39, 0.29) is 11.8 Å². The van der Waals surface area contributed by atoms with Gasteiger partial charge in [-0.15, -0.1) is 0 Å². The molecule has 2 heterocycles. The van der Waals surface area contributed by atoms with Crippen LogP contribution < -0.4 is 9.47 Å². The number of benzene rings is 1. The van der Waals surface area contributed by atoms with Crippen molar-refractivity contribution in [2.75, 3.05) is 60.0 Å². The monoisotopic (exact) mass is 412 g/mol. The van der Waals surface area contributed by atoms with Crippen molar-refractivity contribution in [2.24, 2.45) is 0 Å². The van der Waals surface area contributed by atoms with Gasteiger partial charge in [-0.25, -0.2) is 0 Å². The predicted molar refractivity (Wildman–Crippen MR) is 112 cm³/mol. The van der Waals surface area contributed by atoms with E-state index in [0.29, 0.717) is 55.3 Å². The summed E-state index contributed by atoms with van der Waals surface area (Å²) in [5.74, 6) is 0.916. The summed E-state index contributed by atoms with van der Waals surface area (Å²) >= 11 is 0. The Hall–Kier alpha value is -3.05. The van der Waals surface area contributed by atoms with Crippen LogP contribution in [0.5, 0.6) is 11.5 Å². The number of nitriles is 1. The van der Waals surface area contributed by atoms with Crippen molar-refractivity contribution in [3.63, 3.8) is 0 Å². The first kappa shape index (κ1) is 21.7. The van der Waals surface area contributed by atoms with E-state index in [9.17, 15) is 14.9 Å². The fraction of sp³-hybridized carbons (Fsp3) is 0.500. The molecule has 3 rings (SSSR count). The van der Waals surface area contributed by atoms with Crippen LogP contribution in [0.2, 0.25) is 0 Å². The Morgan fingerprint density at radius 1 is 1.00 bits per heavy atom. The van der Waals surface area contributed by atoms with Gasteiger partial charge in [0.05, 0.1) is 20.8 Å². The fourth-order valence-electron chi connectivity index (χ4n) is 3.80. The topological polar surface area (TPSA) is 86.1 Å². The molecule has 8 heteroatoms. The molecule has 160 valence electrons. The number of rotatable bonds is 6. The molecule has 0 aromatic heterocycles. The van der Waals surface area contributed by atoms with Gasteiger partial charge < -0.3 is 19.3 Å². The quantitative estimate of drug-likeness (QED) is 0.656. The van der Waals surface area contributed by atoms with E-state index >= 15 is 0 Å². The highest BCUT2D eigenvalue weighted by Gasteiger charge is 2.24. The summed E-state index contributed by atoms with van der Waals surface area (Å²) < 4.78 is 10.5. The molecule has 0 spiro atoms. The normalized spacial score (nSPS) is 17.2. The summed E-state index contributed by atoms with van der Waals surface area (Å²) in [4.78, 5) is 30.7. The van der Waals surface area contributed by atoms with Crippen LogP contribution in [0.3, 0.4) is 0 Å². The highest BCUT2D eigenvalue weighted by molar-refractivity contribution is 5.92. The van der Waals surface area contributed by atoms with Crippen molar-refractivity contribution in [1.29, 1.82) is 5.26 Å². The molecule has 0 radical (unpaired) electrons. The number of hydrogen-bond acceptors (Lipinski definition) is 6. The van der Waals surface area contributed by atoms with Crippen LogP contribution in [0.25, 0.3) is 6.08 Å². The van der Waals surface area contributed by atoms with Crippen LogP contribution in [0.4, 0.5) is 0 Å². The Bertz CT molecular complexity index is 822. The zero-order valence-electron chi connectivity index (χ0n) is 17.6. The molecule has 2 saturated heterocycles. The van der Waals surface area contributed by atoms with Crippen molar-refractivity contribution in [3.05, 3.63) is 29.3 Å². The minimum absolute atomic E-state index is 0.0807. The molecule has 0 aliphatic carbocycles. The molecule has 0 unspecified atom stereocenters. The van der Waals surface area contributed by atoms with Crippen molar-refractivity contribution in [1.82, 2.24) is 14.7 Å². The minimum Gasteiger partial charge on any atom is -0.495 e. The van der Waals surface area contributed by atoms with Gasteiger partial charge in [0.2, 0.25) is 11.8 Å². The molecule has 30 heavy (non-hydrogen) atoms. The van der Waals surface area contributed by atoms with E-state index in [0.717, 1.165) is 25.9 Å². The van der Waals surface area contributed by atoms with Gasteiger partial charge in [-0.05, 0) is 36.6 Å². The Balaban J connectivity index is 1.55. The van der Waals surface area contributed by atoms with Crippen molar-refractivity contribution < 1.29 is 19.1 Å². The van der Waals surface area contributed by atoms with Gasteiger partial charge in [0.25, 0.3) is 0 Å². The Kier molecular flexibility index (Phi) is 7.31. The van der Waals surface area contributed by atoms with Crippen LogP contribution in [0.15, 0.2) is 18.2 Å². The highest BCUT2D eigenvalue weighted by Crippen LogP contribution is 2.30. The van der Waals surface area contributed by atoms with Crippen LogP contribution >= 0.6 is 0 Å². The van der Waals surface area contributed by atoms with Crippen molar-refractivity contribution in [3.8, 4) is 17.6 Å². The van der Waals surface area contributed by atoms with Gasteiger partial charge in [-0.3, -0.25) is 14.5 Å². The Labute approximate surface area is 177 Å². The van der Waals surface area contributed by atoms with E-state index in [1.54, 1.807) is 23.1 Å². The number of ether oxygens (including phenoxy) is 2. The number of likely N-dealkylation sites (tertiary alicyclic amines) is 1. The van der Waals surface area contributed by atoms with Gasteiger partial charge in [0, 0.05) is 45.3 Å². The molecular formula is C22H28N4O4. The number of amides is 2. The smallest absolute Gasteiger partial charge is 0.246 e. The highest BCUT2D eigenvalue weighted by atomic mass is 16.5. The number of piperazine rings is 1. The molecule has 0 bridgehead atoms. The maximum Gasteiger partial charge on any atom is 0.246 e. The SMILES string of the molecule is COc1cc(/C=C/C(=O)N2CCN(CC(=O)N3CCCC3)CC2)cc(OC)c1C#N. The molecule has 2 aliphatic rings. The first-order valence-corrected chi connectivity index (χ1v) is 10.2. The van der Waals surface area contributed by atoms with E-state index in [4.69, 9.17) is 9.47 Å². The van der Waals surface area contributed by atoms with Gasteiger partial charge in [0.1, 0.15) is 23.1 Å². The maximum atomic E-state index is 12.6. The summed E-state index contributed by atoms with van der Waals surface area (Å²) in [6.07, 6.45) is 5.40. The zero-order chi connectivity index (χ0) is 21.5. The van der Waals surface area contributed by atoms with Gasteiger partial charge >= 0.3 is 0 Å². The Morgan fingerprint density at radius 3 is 2.13 bits per heavy atom. The third-order valence-corrected chi connectivity index (χ3v) is 5.56. The molecular weight excluding hydrogens is 384 g/mol. The van der Waals surface area contributed by atoms with Gasteiger partial charge in [-0.2, -0.15) is 5.26 Å². The average Bonchev–Trinajstić information content (AvgIpc) is 3.32.